The van der Waals surface area contributed by atoms with Crippen molar-refractivity contribution in [1.82, 2.24) is 15.0 Å². The van der Waals surface area contributed by atoms with Gasteiger partial charge in [-0.3, -0.25) is 0 Å². The summed E-state index contributed by atoms with van der Waals surface area (Å²) >= 11 is 0. The first-order chi connectivity index (χ1) is 7.22. The van der Waals surface area contributed by atoms with E-state index in [-0.39, 0.29) is 0 Å². The van der Waals surface area contributed by atoms with Crippen LogP contribution in [0.3, 0.4) is 0 Å². The first-order valence-corrected chi connectivity index (χ1v) is 5.53. The number of aromatic nitrogens is 3. The van der Waals surface area contributed by atoms with Crippen LogP contribution in [0.2, 0.25) is 0 Å². The third-order valence-electron chi connectivity index (χ3n) is 2.81. The Morgan fingerprint density at radius 3 is 2.93 bits per heavy atom. The Morgan fingerprint density at radius 2 is 2.27 bits per heavy atom. The van der Waals surface area contributed by atoms with E-state index in [4.69, 9.17) is 0 Å². The molecule has 3 heteroatoms. The number of hydrogen-bond donors (Lipinski definition) is 1. The lowest BCUT2D eigenvalue weighted by atomic mass is 10.1. The second kappa shape index (κ2) is 4.01. The maximum atomic E-state index is 4.53. The molecule has 0 spiro atoms. The van der Waals surface area contributed by atoms with Crippen molar-refractivity contribution in [1.29, 1.82) is 0 Å². The number of aryl methyl sites for hydroxylation is 1. The van der Waals surface area contributed by atoms with Crippen LogP contribution in [0, 0.1) is 6.92 Å². The number of nitrogens with one attached hydrogen (secondary N) is 1. The second-order valence-corrected chi connectivity index (χ2v) is 4.14. The summed E-state index contributed by atoms with van der Waals surface area (Å²) < 4.78 is 0. The standard InChI is InChI=1S/C12H17N3/c1-4-5-9(3)11-14-10-8(2)6-7-13-12(10)15-11/h6-7,9H,4-5H2,1-3H3,(H,13,14,15). The summed E-state index contributed by atoms with van der Waals surface area (Å²) in [6.45, 7) is 6.48. The number of nitrogens with zero attached hydrogens (tertiary/aromatic N) is 2. The average Bonchev–Trinajstić information content (AvgIpc) is 2.63. The number of H-pyrrole nitrogens is 1. The first-order valence-electron chi connectivity index (χ1n) is 5.53. The van der Waals surface area contributed by atoms with Crippen molar-refractivity contribution in [2.24, 2.45) is 0 Å². The van der Waals surface area contributed by atoms with Gasteiger partial charge in [-0.2, -0.15) is 0 Å². The van der Waals surface area contributed by atoms with Gasteiger partial charge in [-0.15, -0.1) is 0 Å². The third kappa shape index (κ3) is 1.87. The number of hydrogen-bond acceptors (Lipinski definition) is 2. The molecule has 1 unspecified atom stereocenters. The Morgan fingerprint density at radius 1 is 1.47 bits per heavy atom. The highest BCUT2D eigenvalue weighted by atomic mass is 15.0. The summed E-state index contributed by atoms with van der Waals surface area (Å²) in [4.78, 5) is 12.2. The van der Waals surface area contributed by atoms with Gasteiger partial charge in [0.25, 0.3) is 0 Å². The number of pyridine rings is 1. The van der Waals surface area contributed by atoms with Gasteiger partial charge >= 0.3 is 0 Å². The number of fused-ring (bicyclic) bond motifs is 1. The largest absolute Gasteiger partial charge is 0.340 e. The molecule has 3 nitrogen and oxygen atoms in total. The quantitative estimate of drug-likeness (QED) is 0.832. The Bertz CT molecular complexity index is 459. The Hall–Kier alpha value is -1.38. The van der Waals surface area contributed by atoms with Crippen molar-refractivity contribution >= 4 is 11.2 Å². The molecule has 0 aliphatic rings. The van der Waals surface area contributed by atoms with Gasteiger partial charge in [-0.25, -0.2) is 9.97 Å². The van der Waals surface area contributed by atoms with E-state index in [0.717, 1.165) is 17.0 Å². The fourth-order valence-electron chi connectivity index (χ4n) is 1.86. The van der Waals surface area contributed by atoms with Crippen molar-refractivity contribution < 1.29 is 0 Å². The predicted molar refractivity (Wildman–Crippen MR) is 61.9 cm³/mol. The lowest BCUT2D eigenvalue weighted by molar-refractivity contribution is 0.635. The number of rotatable bonds is 3. The van der Waals surface area contributed by atoms with Gasteiger partial charge in [0.2, 0.25) is 0 Å². The summed E-state index contributed by atoms with van der Waals surface area (Å²) in [6, 6.07) is 2.01. The van der Waals surface area contributed by atoms with Crippen molar-refractivity contribution in [3.8, 4) is 0 Å². The molecule has 0 radical (unpaired) electrons. The molecule has 0 fully saturated rings. The zero-order valence-corrected chi connectivity index (χ0v) is 9.54. The van der Waals surface area contributed by atoms with Gasteiger partial charge in [0.1, 0.15) is 5.82 Å². The zero-order valence-electron chi connectivity index (χ0n) is 9.54. The van der Waals surface area contributed by atoms with Crippen LogP contribution in [-0.4, -0.2) is 15.0 Å². The molecule has 0 saturated heterocycles. The first kappa shape index (κ1) is 10.1. The average molecular weight is 203 g/mol. The van der Waals surface area contributed by atoms with Crippen LogP contribution in [0.1, 0.15) is 44.0 Å². The van der Waals surface area contributed by atoms with Crippen LogP contribution in [0.15, 0.2) is 12.3 Å². The molecule has 2 aromatic rings. The number of imidazole rings is 1. The minimum atomic E-state index is 0.489. The van der Waals surface area contributed by atoms with E-state index < -0.39 is 0 Å². The van der Waals surface area contributed by atoms with Gasteiger partial charge in [0.05, 0.1) is 5.52 Å². The van der Waals surface area contributed by atoms with Crippen molar-refractivity contribution in [2.45, 2.75) is 39.5 Å². The van der Waals surface area contributed by atoms with Gasteiger partial charge in [-0.05, 0) is 25.0 Å². The Balaban J connectivity index is 2.43. The van der Waals surface area contributed by atoms with Crippen LogP contribution >= 0.6 is 0 Å². The van der Waals surface area contributed by atoms with E-state index in [1.807, 2.05) is 12.3 Å². The molecule has 0 aliphatic carbocycles. The molecule has 15 heavy (non-hydrogen) atoms. The zero-order chi connectivity index (χ0) is 10.8. The van der Waals surface area contributed by atoms with E-state index in [2.05, 4.69) is 35.7 Å². The summed E-state index contributed by atoms with van der Waals surface area (Å²) in [6.07, 6.45) is 4.16. The molecule has 2 heterocycles. The van der Waals surface area contributed by atoms with Crippen LogP contribution in [0.25, 0.3) is 11.2 Å². The summed E-state index contributed by atoms with van der Waals surface area (Å²) in [5, 5.41) is 0. The predicted octanol–water partition coefficient (Wildman–Crippen LogP) is 3.17. The maximum absolute atomic E-state index is 4.53. The lowest BCUT2D eigenvalue weighted by Crippen LogP contribution is -1.94. The van der Waals surface area contributed by atoms with E-state index >= 15 is 0 Å². The number of aromatic amines is 1. The fraction of sp³-hybridized carbons (Fsp3) is 0.500. The third-order valence-corrected chi connectivity index (χ3v) is 2.81. The minimum absolute atomic E-state index is 0.489. The summed E-state index contributed by atoms with van der Waals surface area (Å²) in [5.74, 6) is 1.55. The van der Waals surface area contributed by atoms with Crippen LogP contribution < -0.4 is 0 Å². The van der Waals surface area contributed by atoms with Crippen molar-refractivity contribution in [2.75, 3.05) is 0 Å². The molecule has 80 valence electrons. The maximum Gasteiger partial charge on any atom is 0.177 e. The lowest BCUT2D eigenvalue weighted by Gasteiger charge is -2.04. The van der Waals surface area contributed by atoms with Crippen LogP contribution in [0.4, 0.5) is 0 Å². The Kier molecular flexibility index (Phi) is 2.71. The van der Waals surface area contributed by atoms with Crippen LogP contribution in [-0.2, 0) is 0 Å². The highest BCUT2D eigenvalue weighted by molar-refractivity contribution is 5.74. The Labute approximate surface area is 90.0 Å². The molecule has 0 aromatic carbocycles. The van der Waals surface area contributed by atoms with E-state index in [1.54, 1.807) is 0 Å². The van der Waals surface area contributed by atoms with E-state index in [9.17, 15) is 0 Å². The molecule has 2 aromatic heterocycles. The molecular weight excluding hydrogens is 186 g/mol. The SMILES string of the molecule is CCCC(C)c1nc2nccc(C)c2[nH]1. The van der Waals surface area contributed by atoms with E-state index in [1.165, 1.54) is 18.4 Å². The summed E-state index contributed by atoms with van der Waals surface area (Å²) in [7, 11) is 0. The molecule has 0 aliphatic heterocycles. The van der Waals surface area contributed by atoms with Gasteiger partial charge < -0.3 is 4.98 Å². The molecule has 1 N–H and O–H groups in total. The molecule has 0 saturated carbocycles. The van der Waals surface area contributed by atoms with Crippen molar-refractivity contribution in [3.05, 3.63) is 23.7 Å². The molecule has 0 amide bonds. The van der Waals surface area contributed by atoms with Crippen LogP contribution in [0.5, 0.6) is 0 Å². The highest BCUT2D eigenvalue weighted by Gasteiger charge is 2.11. The van der Waals surface area contributed by atoms with Crippen molar-refractivity contribution in [3.63, 3.8) is 0 Å². The summed E-state index contributed by atoms with van der Waals surface area (Å²) in [5.41, 5.74) is 3.13. The smallest absolute Gasteiger partial charge is 0.177 e. The van der Waals surface area contributed by atoms with Gasteiger partial charge in [0, 0.05) is 12.1 Å². The highest BCUT2D eigenvalue weighted by Crippen LogP contribution is 2.21. The minimum Gasteiger partial charge on any atom is -0.340 e. The molecule has 0 bridgehead atoms. The molecule has 1 atom stereocenters. The fourth-order valence-corrected chi connectivity index (χ4v) is 1.86. The normalized spacial score (nSPS) is 13.3. The molecule has 2 rings (SSSR count). The topological polar surface area (TPSA) is 41.6 Å². The van der Waals surface area contributed by atoms with E-state index in [0.29, 0.717) is 5.92 Å². The van der Waals surface area contributed by atoms with Gasteiger partial charge in [-0.1, -0.05) is 20.3 Å². The second-order valence-electron chi connectivity index (χ2n) is 4.14. The molecular formula is C12H17N3. The van der Waals surface area contributed by atoms with Gasteiger partial charge in [0.15, 0.2) is 5.65 Å². The monoisotopic (exact) mass is 203 g/mol.